The SMILES string of the molecule is O=C(O)c1cccc(NCC2CC2)n1. The Labute approximate surface area is 82.0 Å². The van der Waals surface area contributed by atoms with E-state index in [9.17, 15) is 4.79 Å². The second-order valence-corrected chi connectivity index (χ2v) is 3.54. The average molecular weight is 192 g/mol. The molecule has 0 aliphatic heterocycles. The Morgan fingerprint density at radius 2 is 2.36 bits per heavy atom. The summed E-state index contributed by atoms with van der Waals surface area (Å²) in [6.07, 6.45) is 2.54. The number of hydrogen-bond donors (Lipinski definition) is 2. The van der Waals surface area contributed by atoms with Gasteiger partial charge < -0.3 is 10.4 Å². The highest BCUT2D eigenvalue weighted by Crippen LogP contribution is 2.28. The Balaban J connectivity index is 2.01. The number of aromatic nitrogens is 1. The van der Waals surface area contributed by atoms with Crippen LogP contribution in [0.25, 0.3) is 0 Å². The smallest absolute Gasteiger partial charge is 0.354 e. The Kier molecular flexibility index (Phi) is 2.35. The number of hydrogen-bond acceptors (Lipinski definition) is 3. The molecule has 0 atom stereocenters. The van der Waals surface area contributed by atoms with Crippen molar-refractivity contribution in [1.82, 2.24) is 4.98 Å². The van der Waals surface area contributed by atoms with Gasteiger partial charge in [-0.25, -0.2) is 9.78 Å². The summed E-state index contributed by atoms with van der Waals surface area (Å²) in [4.78, 5) is 14.6. The first-order valence-corrected chi connectivity index (χ1v) is 4.70. The fraction of sp³-hybridized carbons (Fsp3) is 0.400. The Hall–Kier alpha value is -1.58. The lowest BCUT2D eigenvalue weighted by Gasteiger charge is -2.04. The van der Waals surface area contributed by atoms with Gasteiger partial charge in [-0.1, -0.05) is 6.07 Å². The standard InChI is InChI=1S/C10H12N2O2/c13-10(14)8-2-1-3-9(12-8)11-6-7-4-5-7/h1-3,7H,4-6H2,(H,11,12)(H,13,14). The Bertz CT molecular complexity index is 348. The minimum absolute atomic E-state index is 0.0887. The lowest BCUT2D eigenvalue weighted by molar-refractivity contribution is 0.0690. The average Bonchev–Trinajstić information content (AvgIpc) is 2.99. The van der Waals surface area contributed by atoms with Gasteiger partial charge in [0.2, 0.25) is 0 Å². The van der Waals surface area contributed by atoms with E-state index in [1.165, 1.54) is 18.9 Å². The van der Waals surface area contributed by atoms with E-state index in [-0.39, 0.29) is 5.69 Å². The predicted molar refractivity (Wildman–Crippen MR) is 52.4 cm³/mol. The third kappa shape index (κ3) is 2.22. The van der Waals surface area contributed by atoms with Crippen LogP contribution in [0.15, 0.2) is 18.2 Å². The van der Waals surface area contributed by atoms with E-state index in [4.69, 9.17) is 5.11 Å². The molecule has 0 saturated heterocycles. The minimum Gasteiger partial charge on any atom is -0.477 e. The summed E-state index contributed by atoms with van der Waals surface area (Å²) in [6, 6.07) is 4.98. The molecule has 0 unspecified atom stereocenters. The number of aromatic carboxylic acids is 1. The molecule has 1 heterocycles. The molecule has 0 bridgehead atoms. The summed E-state index contributed by atoms with van der Waals surface area (Å²) < 4.78 is 0. The van der Waals surface area contributed by atoms with Crippen LogP contribution in [0.3, 0.4) is 0 Å². The van der Waals surface area contributed by atoms with Gasteiger partial charge in [0.1, 0.15) is 5.82 Å². The zero-order chi connectivity index (χ0) is 9.97. The summed E-state index contributed by atoms with van der Waals surface area (Å²) >= 11 is 0. The summed E-state index contributed by atoms with van der Waals surface area (Å²) in [5.74, 6) is 0.419. The number of carboxylic acids is 1. The number of anilines is 1. The fourth-order valence-corrected chi connectivity index (χ4v) is 1.22. The fourth-order valence-electron chi connectivity index (χ4n) is 1.22. The van der Waals surface area contributed by atoms with Crippen LogP contribution >= 0.6 is 0 Å². The number of carbonyl (C=O) groups is 1. The van der Waals surface area contributed by atoms with Gasteiger partial charge in [-0.3, -0.25) is 0 Å². The molecule has 4 heteroatoms. The lowest BCUT2D eigenvalue weighted by Crippen LogP contribution is -2.07. The molecule has 1 aliphatic carbocycles. The molecule has 0 amide bonds. The second kappa shape index (κ2) is 3.65. The van der Waals surface area contributed by atoms with Crippen LogP contribution in [-0.2, 0) is 0 Å². The van der Waals surface area contributed by atoms with E-state index in [1.54, 1.807) is 12.1 Å². The van der Waals surface area contributed by atoms with Crippen LogP contribution in [0.5, 0.6) is 0 Å². The topological polar surface area (TPSA) is 62.2 Å². The summed E-state index contributed by atoms with van der Waals surface area (Å²) in [6.45, 7) is 0.899. The van der Waals surface area contributed by atoms with Crippen molar-refractivity contribution in [2.45, 2.75) is 12.8 Å². The number of pyridine rings is 1. The second-order valence-electron chi connectivity index (χ2n) is 3.54. The number of rotatable bonds is 4. The van der Waals surface area contributed by atoms with Gasteiger partial charge in [0.05, 0.1) is 0 Å². The molecule has 1 saturated carbocycles. The van der Waals surface area contributed by atoms with Crippen LogP contribution in [0.1, 0.15) is 23.3 Å². The quantitative estimate of drug-likeness (QED) is 0.760. The van der Waals surface area contributed by atoms with E-state index in [1.807, 2.05) is 0 Å². The third-order valence-corrected chi connectivity index (χ3v) is 2.24. The van der Waals surface area contributed by atoms with Gasteiger partial charge >= 0.3 is 5.97 Å². The van der Waals surface area contributed by atoms with E-state index in [0.29, 0.717) is 5.82 Å². The Morgan fingerprint density at radius 3 is 3.00 bits per heavy atom. The molecular weight excluding hydrogens is 180 g/mol. The Morgan fingerprint density at radius 1 is 1.57 bits per heavy atom. The summed E-state index contributed by atoms with van der Waals surface area (Å²) in [5.41, 5.74) is 0.0887. The monoisotopic (exact) mass is 192 g/mol. The van der Waals surface area contributed by atoms with Gasteiger partial charge in [-0.05, 0) is 30.9 Å². The van der Waals surface area contributed by atoms with Crippen molar-refractivity contribution in [3.63, 3.8) is 0 Å². The zero-order valence-electron chi connectivity index (χ0n) is 7.73. The maximum atomic E-state index is 10.6. The van der Waals surface area contributed by atoms with Gasteiger partial charge in [0.15, 0.2) is 5.69 Å². The van der Waals surface area contributed by atoms with E-state index < -0.39 is 5.97 Å². The first-order valence-electron chi connectivity index (χ1n) is 4.70. The minimum atomic E-state index is -0.986. The highest BCUT2D eigenvalue weighted by molar-refractivity contribution is 5.85. The first kappa shape index (κ1) is 8.99. The van der Waals surface area contributed by atoms with E-state index in [0.717, 1.165) is 12.5 Å². The molecule has 4 nitrogen and oxygen atoms in total. The maximum absolute atomic E-state index is 10.6. The first-order chi connectivity index (χ1) is 6.75. The van der Waals surface area contributed by atoms with Crippen LogP contribution in [0.4, 0.5) is 5.82 Å². The molecule has 14 heavy (non-hydrogen) atoms. The molecule has 1 aromatic heterocycles. The van der Waals surface area contributed by atoms with Gasteiger partial charge in [-0.15, -0.1) is 0 Å². The summed E-state index contributed by atoms with van der Waals surface area (Å²) in [5, 5.41) is 11.8. The normalized spacial score (nSPS) is 15.1. The molecule has 0 radical (unpaired) electrons. The van der Waals surface area contributed by atoms with Crippen molar-refractivity contribution >= 4 is 11.8 Å². The van der Waals surface area contributed by atoms with Crippen LogP contribution in [0.2, 0.25) is 0 Å². The van der Waals surface area contributed by atoms with Gasteiger partial charge in [0, 0.05) is 6.54 Å². The molecule has 74 valence electrons. The molecule has 1 aromatic rings. The lowest BCUT2D eigenvalue weighted by atomic mass is 10.3. The predicted octanol–water partition coefficient (Wildman–Crippen LogP) is 1.60. The molecule has 2 N–H and O–H groups in total. The zero-order valence-corrected chi connectivity index (χ0v) is 7.73. The van der Waals surface area contributed by atoms with Crippen molar-refractivity contribution in [2.24, 2.45) is 5.92 Å². The highest BCUT2D eigenvalue weighted by Gasteiger charge is 2.20. The van der Waals surface area contributed by atoms with Crippen molar-refractivity contribution in [3.8, 4) is 0 Å². The van der Waals surface area contributed by atoms with Crippen molar-refractivity contribution in [1.29, 1.82) is 0 Å². The molecule has 1 aliphatic rings. The maximum Gasteiger partial charge on any atom is 0.354 e. The van der Waals surface area contributed by atoms with Crippen LogP contribution < -0.4 is 5.32 Å². The van der Waals surface area contributed by atoms with Gasteiger partial charge in [-0.2, -0.15) is 0 Å². The van der Waals surface area contributed by atoms with Crippen molar-refractivity contribution in [3.05, 3.63) is 23.9 Å². The van der Waals surface area contributed by atoms with Crippen LogP contribution in [-0.4, -0.2) is 22.6 Å². The molecule has 0 spiro atoms. The molecule has 1 fully saturated rings. The van der Waals surface area contributed by atoms with Crippen molar-refractivity contribution in [2.75, 3.05) is 11.9 Å². The largest absolute Gasteiger partial charge is 0.477 e. The molecular formula is C10H12N2O2. The number of nitrogens with one attached hydrogen (secondary N) is 1. The van der Waals surface area contributed by atoms with E-state index >= 15 is 0 Å². The third-order valence-electron chi connectivity index (χ3n) is 2.24. The summed E-state index contributed by atoms with van der Waals surface area (Å²) in [7, 11) is 0. The number of nitrogens with zero attached hydrogens (tertiary/aromatic N) is 1. The number of carboxylic acid groups (broad SMARTS) is 1. The highest BCUT2D eigenvalue weighted by atomic mass is 16.4. The van der Waals surface area contributed by atoms with Crippen molar-refractivity contribution < 1.29 is 9.90 Å². The van der Waals surface area contributed by atoms with Crippen LogP contribution in [0, 0.1) is 5.92 Å². The molecule has 2 rings (SSSR count). The molecule has 0 aromatic carbocycles. The van der Waals surface area contributed by atoms with E-state index in [2.05, 4.69) is 10.3 Å². The van der Waals surface area contributed by atoms with Gasteiger partial charge in [0.25, 0.3) is 0 Å².